The number of benzene rings is 1. The molecular weight excluding hydrogens is 373 g/mol. The standard InChI is InChI=1S/C19H30ClN3S.ClH/c20-18-10-8-17(9-11-18)7-2-3-12-22-19(21)24-16-6-15-23-13-4-1-5-14-23;/h8-11H,1-7,12-16H2,(H2,21,22);1H. The van der Waals surface area contributed by atoms with Gasteiger partial charge >= 0.3 is 0 Å². The van der Waals surface area contributed by atoms with Gasteiger partial charge in [-0.3, -0.25) is 4.99 Å². The molecule has 1 saturated heterocycles. The van der Waals surface area contributed by atoms with Gasteiger partial charge in [0.05, 0.1) is 0 Å². The Hall–Kier alpha value is -0.420. The van der Waals surface area contributed by atoms with Gasteiger partial charge < -0.3 is 10.6 Å². The number of nitrogens with two attached hydrogens (primary N) is 1. The van der Waals surface area contributed by atoms with Gasteiger partial charge in [0.25, 0.3) is 0 Å². The molecule has 0 aliphatic carbocycles. The summed E-state index contributed by atoms with van der Waals surface area (Å²) in [6.07, 6.45) is 8.64. The van der Waals surface area contributed by atoms with Gasteiger partial charge in [-0.25, -0.2) is 0 Å². The number of likely N-dealkylation sites (tertiary alicyclic amines) is 1. The third kappa shape index (κ3) is 10.3. The molecule has 1 heterocycles. The zero-order valence-corrected chi connectivity index (χ0v) is 17.3. The molecule has 1 aliphatic rings. The maximum Gasteiger partial charge on any atom is 0.153 e. The SMILES string of the molecule is Cl.NC(=NCCCCc1ccc(Cl)cc1)SCCCN1CCCCC1. The summed E-state index contributed by atoms with van der Waals surface area (Å²) >= 11 is 7.60. The Bertz CT molecular complexity index is 488. The molecule has 0 radical (unpaired) electrons. The molecule has 1 aromatic carbocycles. The monoisotopic (exact) mass is 403 g/mol. The van der Waals surface area contributed by atoms with Gasteiger partial charge in [0.2, 0.25) is 0 Å². The molecule has 0 unspecified atom stereocenters. The van der Waals surface area contributed by atoms with Crippen LogP contribution < -0.4 is 5.73 Å². The molecule has 0 bridgehead atoms. The van der Waals surface area contributed by atoms with Crippen molar-refractivity contribution in [2.75, 3.05) is 31.9 Å². The Morgan fingerprint density at radius 2 is 1.80 bits per heavy atom. The van der Waals surface area contributed by atoms with Crippen LogP contribution in [-0.4, -0.2) is 42.0 Å². The number of hydrogen-bond donors (Lipinski definition) is 1. The van der Waals surface area contributed by atoms with E-state index < -0.39 is 0 Å². The molecule has 0 spiro atoms. The van der Waals surface area contributed by atoms with Gasteiger partial charge in [-0.2, -0.15) is 0 Å². The number of amidine groups is 1. The highest BCUT2D eigenvalue weighted by atomic mass is 35.5. The van der Waals surface area contributed by atoms with Crippen molar-refractivity contribution >= 4 is 40.9 Å². The van der Waals surface area contributed by atoms with E-state index in [1.807, 2.05) is 12.1 Å². The highest BCUT2D eigenvalue weighted by molar-refractivity contribution is 8.13. The van der Waals surface area contributed by atoms with E-state index in [0.717, 1.165) is 41.8 Å². The number of aliphatic imine (C=N–C) groups is 1. The molecule has 1 aliphatic heterocycles. The molecule has 0 aromatic heterocycles. The molecule has 0 amide bonds. The van der Waals surface area contributed by atoms with E-state index in [-0.39, 0.29) is 12.4 Å². The maximum absolute atomic E-state index is 5.99. The normalized spacial score (nSPS) is 15.8. The fraction of sp³-hybridized carbons (Fsp3) is 0.632. The summed E-state index contributed by atoms with van der Waals surface area (Å²) in [6.45, 7) is 4.60. The van der Waals surface area contributed by atoms with Crippen LogP contribution in [0, 0.1) is 0 Å². The number of halogens is 2. The highest BCUT2D eigenvalue weighted by Crippen LogP contribution is 2.12. The summed E-state index contributed by atoms with van der Waals surface area (Å²) in [4.78, 5) is 7.05. The average Bonchev–Trinajstić information content (AvgIpc) is 2.61. The van der Waals surface area contributed by atoms with Crippen molar-refractivity contribution in [1.82, 2.24) is 4.90 Å². The fourth-order valence-corrected chi connectivity index (χ4v) is 3.77. The first-order valence-electron chi connectivity index (χ1n) is 9.13. The quantitative estimate of drug-likeness (QED) is 0.357. The van der Waals surface area contributed by atoms with Crippen molar-refractivity contribution < 1.29 is 0 Å². The molecule has 142 valence electrons. The number of piperidine rings is 1. The molecule has 1 fully saturated rings. The third-order valence-corrected chi connectivity index (χ3v) is 5.54. The Morgan fingerprint density at radius 3 is 2.52 bits per heavy atom. The molecule has 0 atom stereocenters. The molecule has 2 N–H and O–H groups in total. The summed E-state index contributed by atoms with van der Waals surface area (Å²) < 4.78 is 0. The lowest BCUT2D eigenvalue weighted by Gasteiger charge is -2.26. The van der Waals surface area contributed by atoms with Gasteiger partial charge in [0, 0.05) is 17.3 Å². The first kappa shape index (κ1) is 22.6. The van der Waals surface area contributed by atoms with Crippen LogP contribution >= 0.6 is 35.8 Å². The third-order valence-electron chi connectivity index (χ3n) is 4.37. The Kier molecular flexibility index (Phi) is 12.4. The van der Waals surface area contributed by atoms with E-state index in [1.54, 1.807) is 11.8 Å². The predicted molar refractivity (Wildman–Crippen MR) is 115 cm³/mol. The van der Waals surface area contributed by atoms with Crippen LogP contribution in [0.15, 0.2) is 29.3 Å². The second-order valence-corrected chi connectivity index (χ2v) is 7.96. The van der Waals surface area contributed by atoms with E-state index in [4.69, 9.17) is 17.3 Å². The largest absolute Gasteiger partial charge is 0.379 e. The van der Waals surface area contributed by atoms with E-state index in [2.05, 4.69) is 22.0 Å². The van der Waals surface area contributed by atoms with Crippen LogP contribution in [0.25, 0.3) is 0 Å². The van der Waals surface area contributed by atoms with Crippen molar-refractivity contribution in [3.63, 3.8) is 0 Å². The minimum atomic E-state index is 0. The van der Waals surface area contributed by atoms with Crippen molar-refractivity contribution in [2.24, 2.45) is 10.7 Å². The zero-order chi connectivity index (χ0) is 17.0. The first-order chi connectivity index (χ1) is 11.7. The van der Waals surface area contributed by atoms with Gasteiger partial charge in [-0.1, -0.05) is 41.9 Å². The van der Waals surface area contributed by atoms with E-state index in [0.29, 0.717) is 0 Å². The summed E-state index contributed by atoms with van der Waals surface area (Å²) in [5.74, 6) is 1.08. The highest BCUT2D eigenvalue weighted by Gasteiger charge is 2.08. The predicted octanol–water partition coefficient (Wildman–Crippen LogP) is 5.01. The number of aryl methyl sites for hydroxylation is 1. The molecule has 1 aromatic rings. The van der Waals surface area contributed by atoms with Gasteiger partial charge in [-0.05, 0) is 75.9 Å². The molecule has 3 nitrogen and oxygen atoms in total. The Morgan fingerprint density at radius 1 is 1.08 bits per heavy atom. The summed E-state index contributed by atoms with van der Waals surface area (Å²) in [5, 5.41) is 1.55. The molecule has 0 saturated carbocycles. The van der Waals surface area contributed by atoms with Crippen LogP contribution in [0.1, 0.15) is 44.1 Å². The number of rotatable bonds is 9. The van der Waals surface area contributed by atoms with Gasteiger partial charge in [-0.15, -0.1) is 12.4 Å². The van der Waals surface area contributed by atoms with Crippen molar-refractivity contribution in [3.05, 3.63) is 34.9 Å². The fourth-order valence-electron chi connectivity index (χ4n) is 2.97. The van der Waals surface area contributed by atoms with E-state index >= 15 is 0 Å². The second kappa shape index (κ2) is 13.7. The zero-order valence-electron chi connectivity index (χ0n) is 15.0. The summed E-state index contributed by atoms with van der Waals surface area (Å²) in [6, 6.07) is 8.09. The second-order valence-electron chi connectivity index (χ2n) is 6.41. The van der Waals surface area contributed by atoms with Gasteiger partial charge in [0.15, 0.2) is 5.17 Å². The molecular formula is C19H31Cl2N3S. The number of hydrogen-bond acceptors (Lipinski definition) is 3. The number of unbranched alkanes of at least 4 members (excludes halogenated alkanes) is 1. The lowest BCUT2D eigenvalue weighted by molar-refractivity contribution is 0.230. The van der Waals surface area contributed by atoms with Crippen molar-refractivity contribution in [3.8, 4) is 0 Å². The van der Waals surface area contributed by atoms with Crippen LogP contribution in [-0.2, 0) is 6.42 Å². The van der Waals surface area contributed by atoms with Crippen molar-refractivity contribution in [2.45, 2.75) is 44.9 Å². The van der Waals surface area contributed by atoms with E-state index in [9.17, 15) is 0 Å². The summed E-state index contributed by atoms with van der Waals surface area (Å²) in [5.41, 5.74) is 7.32. The molecule has 25 heavy (non-hydrogen) atoms. The molecule has 6 heteroatoms. The minimum absolute atomic E-state index is 0. The van der Waals surface area contributed by atoms with Crippen molar-refractivity contribution in [1.29, 1.82) is 0 Å². The lowest BCUT2D eigenvalue weighted by atomic mass is 10.1. The minimum Gasteiger partial charge on any atom is -0.379 e. The van der Waals surface area contributed by atoms with Crippen LogP contribution in [0.3, 0.4) is 0 Å². The van der Waals surface area contributed by atoms with Gasteiger partial charge in [0.1, 0.15) is 0 Å². The molecule has 2 rings (SSSR count). The van der Waals surface area contributed by atoms with Crippen LogP contribution in [0.5, 0.6) is 0 Å². The summed E-state index contributed by atoms with van der Waals surface area (Å²) in [7, 11) is 0. The average molecular weight is 404 g/mol. The Balaban J connectivity index is 0.00000312. The lowest BCUT2D eigenvalue weighted by Crippen LogP contribution is -2.30. The maximum atomic E-state index is 5.99. The topological polar surface area (TPSA) is 41.6 Å². The smallest absolute Gasteiger partial charge is 0.153 e. The first-order valence-corrected chi connectivity index (χ1v) is 10.5. The van der Waals surface area contributed by atoms with Crippen LogP contribution in [0.4, 0.5) is 0 Å². The number of nitrogens with zero attached hydrogens (tertiary/aromatic N) is 2. The van der Waals surface area contributed by atoms with Crippen LogP contribution in [0.2, 0.25) is 5.02 Å². The Labute approximate surface area is 168 Å². The van der Waals surface area contributed by atoms with E-state index in [1.165, 1.54) is 50.9 Å². The number of thioether (sulfide) groups is 1.